The van der Waals surface area contributed by atoms with Gasteiger partial charge in [-0.2, -0.15) is 10.1 Å². The van der Waals surface area contributed by atoms with Crippen LogP contribution < -0.4 is 10.6 Å². The molecule has 3 N–H and O–H groups in total. The van der Waals surface area contributed by atoms with Crippen LogP contribution in [0.4, 0.5) is 15.0 Å². The van der Waals surface area contributed by atoms with Gasteiger partial charge in [-0.1, -0.05) is 52.7 Å². The Hall–Kier alpha value is -5.03. The molecule has 2 heterocycles. The van der Waals surface area contributed by atoms with E-state index in [1.54, 1.807) is 36.4 Å². The maximum Gasteiger partial charge on any atom is 0.323 e. The molecule has 0 spiro atoms. The molecule has 0 aliphatic heterocycles. The van der Waals surface area contributed by atoms with Crippen LogP contribution in [0.15, 0.2) is 77.3 Å². The number of rotatable bonds is 9. The summed E-state index contributed by atoms with van der Waals surface area (Å²) in [7, 11) is 0. The lowest BCUT2D eigenvalue weighted by molar-refractivity contribution is -0.134. The van der Waals surface area contributed by atoms with E-state index in [-0.39, 0.29) is 36.0 Å². The van der Waals surface area contributed by atoms with Gasteiger partial charge in [-0.15, -0.1) is 0 Å². The number of carbonyl (C=O) groups excluding carboxylic acids is 2. The van der Waals surface area contributed by atoms with Crippen LogP contribution in [0.25, 0.3) is 34.1 Å². The van der Waals surface area contributed by atoms with E-state index >= 15 is 4.39 Å². The molecule has 0 bridgehead atoms. The smallest absolute Gasteiger partial charge is 0.323 e. The monoisotopic (exact) mass is 560 g/mol. The zero-order valence-electron chi connectivity index (χ0n) is 21.0. The van der Waals surface area contributed by atoms with Crippen LogP contribution in [0.2, 0.25) is 5.02 Å². The summed E-state index contributed by atoms with van der Waals surface area (Å²) in [6.07, 6.45) is -1.07. The first-order chi connectivity index (χ1) is 19.4. The molecule has 3 aromatic carbocycles. The lowest BCUT2D eigenvalue weighted by atomic mass is 10.1. The molecule has 12 heteroatoms. The molecule has 10 nitrogen and oxygen atoms in total. The van der Waals surface area contributed by atoms with Gasteiger partial charge in [0, 0.05) is 23.1 Å². The number of hydrogen-bond donors (Lipinski definition) is 3. The van der Waals surface area contributed by atoms with Gasteiger partial charge in [0.25, 0.3) is 12.4 Å². The van der Waals surface area contributed by atoms with E-state index in [2.05, 4.69) is 31.0 Å². The number of hydrogen-bond acceptors (Lipinski definition) is 7. The molecule has 1 unspecified atom stereocenters. The quantitative estimate of drug-likeness (QED) is 0.154. The number of carbonyl (C=O) groups is 2. The Morgan fingerprint density at radius 1 is 1.10 bits per heavy atom. The molecule has 40 heavy (non-hydrogen) atoms. The van der Waals surface area contributed by atoms with Crippen molar-refractivity contribution >= 4 is 29.9 Å². The number of benzene rings is 3. The highest BCUT2D eigenvalue weighted by molar-refractivity contribution is 6.30. The number of halogens is 2. The molecule has 1 atom stereocenters. The van der Waals surface area contributed by atoms with Gasteiger partial charge in [-0.25, -0.2) is 9.18 Å². The van der Waals surface area contributed by atoms with Crippen LogP contribution in [0.3, 0.4) is 0 Å². The van der Waals surface area contributed by atoms with Crippen LogP contribution in [0, 0.1) is 12.7 Å². The SMILES string of the molecule is Cc1ccc(-c2nc(-c3ccc(CC(NC(=O)Nc4cc(-c5ccc(Cl)cc5)[nH]n4)OC=O)cc3F)no2)cc1. The number of urea groups is 1. The van der Waals surface area contributed by atoms with E-state index in [1.807, 2.05) is 31.2 Å². The number of anilines is 1. The van der Waals surface area contributed by atoms with E-state index in [4.69, 9.17) is 20.9 Å². The topological polar surface area (TPSA) is 135 Å². The largest absolute Gasteiger partial charge is 0.443 e. The molecule has 0 radical (unpaired) electrons. The molecule has 2 aromatic heterocycles. The van der Waals surface area contributed by atoms with Crippen molar-refractivity contribution in [3.05, 3.63) is 94.8 Å². The number of aromatic amines is 1. The lowest BCUT2D eigenvalue weighted by Gasteiger charge is -2.17. The normalized spacial score (nSPS) is 11.6. The van der Waals surface area contributed by atoms with Gasteiger partial charge in [0.15, 0.2) is 12.0 Å². The molecule has 2 amide bonds. The van der Waals surface area contributed by atoms with Gasteiger partial charge in [0.05, 0.1) is 11.3 Å². The van der Waals surface area contributed by atoms with Crippen LogP contribution in [-0.4, -0.2) is 39.1 Å². The summed E-state index contributed by atoms with van der Waals surface area (Å²) in [5.41, 5.74) is 3.88. The van der Waals surface area contributed by atoms with E-state index in [0.717, 1.165) is 16.7 Å². The highest BCUT2D eigenvalue weighted by atomic mass is 35.5. The second-order valence-corrected chi connectivity index (χ2v) is 9.24. The highest BCUT2D eigenvalue weighted by Crippen LogP contribution is 2.26. The number of nitrogens with one attached hydrogen (secondary N) is 3. The molecule has 5 aromatic rings. The first-order valence-corrected chi connectivity index (χ1v) is 12.4. The maximum atomic E-state index is 15.0. The van der Waals surface area contributed by atoms with Crippen molar-refractivity contribution in [1.29, 1.82) is 0 Å². The zero-order chi connectivity index (χ0) is 28.1. The Kier molecular flexibility index (Phi) is 7.83. The first kappa shape index (κ1) is 26.6. The molecule has 5 rings (SSSR count). The Bertz CT molecular complexity index is 1640. The Morgan fingerprint density at radius 3 is 2.58 bits per heavy atom. The van der Waals surface area contributed by atoms with E-state index in [0.29, 0.717) is 16.3 Å². The van der Waals surface area contributed by atoms with Crippen molar-refractivity contribution in [3.63, 3.8) is 0 Å². The average molecular weight is 561 g/mol. The number of aryl methyl sites for hydroxylation is 1. The third-order valence-electron chi connectivity index (χ3n) is 5.91. The lowest BCUT2D eigenvalue weighted by Crippen LogP contribution is -2.41. The second-order valence-electron chi connectivity index (χ2n) is 8.80. The van der Waals surface area contributed by atoms with Crippen molar-refractivity contribution in [1.82, 2.24) is 25.7 Å². The van der Waals surface area contributed by atoms with E-state index in [1.165, 1.54) is 12.1 Å². The van der Waals surface area contributed by atoms with Crippen LogP contribution in [-0.2, 0) is 16.0 Å². The summed E-state index contributed by atoms with van der Waals surface area (Å²) < 4.78 is 25.3. The molecular weight excluding hydrogens is 539 g/mol. The van der Waals surface area contributed by atoms with Crippen LogP contribution >= 0.6 is 11.6 Å². The summed E-state index contributed by atoms with van der Waals surface area (Å²) in [4.78, 5) is 27.9. The van der Waals surface area contributed by atoms with Gasteiger partial charge >= 0.3 is 6.03 Å². The summed E-state index contributed by atoms with van der Waals surface area (Å²) in [5.74, 6) is 0.00209. The first-order valence-electron chi connectivity index (χ1n) is 12.1. The Balaban J connectivity index is 1.22. The summed E-state index contributed by atoms with van der Waals surface area (Å²) in [6.45, 7) is 2.17. The second kappa shape index (κ2) is 11.8. The fraction of sp³-hybridized carbons (Fsp3) is 0.107. The van der Waals surface area contributed by atoms with E-state index in [9.17, 15) is 9.59 Å². The fourth-order valence-corrected chi connectivity index (χ4v) is 4.02. The predicted octanol–water partition coefficient (Wildman–Crippen LogP) is 5.76. The fourth-order valence-electron chi connectivity index (χ4n) is 3.89. The van der Waals surface area contributed by atoms with Gasteiger partial charge < -0.3 is 14.6 Å². The summed E-state index contributed by atoms with van der Waals surface area (Å²) in [6, 6.07) is 19.9. The number of amides is 2. The van der Waals surface area contributed by atoms with Gasteiger partial charge in [-0.3, -0.25) is 15.2 Å². The minimum atomic E-state index is -1.07. The van der Waals surface area contributed by atoms with Gasteiger partial charge in [-0.05, 0) is 54.4 Å². The van der Waals surface area contributed by atoms with E-state index < -0.39 is 18.1 Å². The molecule has 0 saturated heterocycles. The maximum absolute atomic E-state index is 15.0. The molecule has 0 saturated carbocycles. The minimum Gasteiger partial charge on any atom is -0.443 e. The summed E-state index contributed by atoms with van der Waals surface area (Å²) >= 11 is 5.92. The standard InChI is InChI=1S/C28H22ClFN6O4/c1-16-2-5-19(6-3-16)27-33-26(36-40-27)21-11-4-17(12-22(21)30)13-25(39-15-37)32-28(38)31-24-14-23(34-35-24)18-7-9-20(29)10-8-18/h2-12,14-15,25H,13H2,1H3,(H3,31,32,34,35,38). The number of H-pyrrole nitrogens is 1. The molecule has 0 aliphatic carbocycles. The number of ether oxygens (including phenoxy) is 1. The van der Waals surface area contributed by atoms with Crippen molar-refractivity contribution in [3.8, 4) is 34.1 Å². The van der Waals surface area contributed by atoms with Crippen LogP contribution in [0.1, 0.15) is 11.1 Å². The van der Waals surface area contributed by atoms with Crippen molar-refractivity contribution in [2.45, 2.75) is 19.6 Å². The van der Waals surface area contributed by atoms with Crippen molar-refractivity contribution in [2.75, 3.05) is 5.32 Å². The highest BCUT2D eigenvalue weighted by Gasteiger charge is 2.18. The molecular formula is C28H22ClFN6O4. The van der Waals surface area contributed by atoms with Crippen LogP contribution in [0.5, 0.6) is 0 Å². The minimum absolute atomic E-state index is 0.000804. The average Bonchev–Trinajstić information content (AvgIpc) is 3.60. The van der Waals surface area contributed by atoms with Gasteiger partial charge in [0.1, 0.15) is 5.82 Å². The molecule has 0 fully saturated rings. The molecule has 0 aliphatic rings. The zero-order valence-corrected chi connectivity index (χ0v) is 21.8. The summed E-state index contributed by atoms with van der Waals surface area (Å²) in [5, 5.41) is 16.5. The number of aromatic nitrogens is 4. The predicted molar refractivity (Wildman–Crippen MR) is 146 cm³/mol. The molecule has 202 valence electrons. The van der Waals surface area contributed by atoms with Crippen molar-refractivity contribution in [2.24, 2.45) is 0 Å². The van der Waals surface area contributed by atoms with Gasteiger partial charge in [0.2, 0.25) is 5.82 Å². The number of nitrogens with zero attached hydrogens (tertiary/aromatic N) is 3. The Labute approximate surface area is 232 Å². The van der Waals surface area contributed by atoms with Crippen molar-refractivity contribution < 1.29 is 23.2 Å². The third-order valence-corrected chi connectivity index (χ3v) is 6.16. The Morgan fingerprint density at radius 2 is 1.85 bits per heavy atom. The third kappa shape index (κ3) is 6.33.